The van der Waals surface area contributed by atoms with Crippen molar-refractivity contribution in [3.05, 3.63) is 28.5 Å². The molecule has 1 aliphatic carbocycles. The maximum absolute atomic E-state index is 5.61. The van der Waals surface area contributed by atoms with Crippen molar-refractivity contribution in [3.8, 4) is 11.3 Å². The van der Waals surface area contributed by atoms with Gasteiger partial charge in [-0.2, -0.15) is 0 Å². The molecular formula is C18H23N3O2. The molecule has 1 saturated heterocycles. The zero-order valence-electron chi connectivity index (χ0n) is 14.2. The molecule has 0 spiro atoms. The van der Waals surface area contributed by atoms with Crippen molar-refractivity contribution < 1.29 is 9.26 Å². The molecule has 1 aliphatic heterocycles. The number of fused-ring (bicyclic) bond motifs is 1. The van der Waals surface area contributed by atoms with Crippen LogP contribution in [-0.4, -0.2) is 28.3 Å². The highest BCUT2D eigenvalue weighted by atomic mass is 16.5. The number of hydrogen-bond donors (Lipinski definition) is 0. The van der Waals surface area contributed by atoms with Crippen LogP contribution in [0, 0.1) is 39.5 Å². The topological polar surface area (TPSA) is 61.0 Å². The molecule has 3 heterocycles. The largest absolute Gasteiger partial charge is 0.381 e. The van der Waals surface area contributed by atoms with Gasteiger partial charge in [0.2, 0.25) is 0 Å². The zero-order valence-corrected chi connectivity index (χ0v) is 14.2. The minimum Gasteiger partial charge on any atom is -0.381 e. The zero-order chi connectivity index (χ0) is 16.1. The van der Waals surface area contributed by atoms with Crippen molar-refractivity contribution in [2.75, 3.05) is 13.2 Å². The third-order valence-corrected chi connectivity index (χ3v) is 5.46. The molecular weight excluding hydrogens is 290 g/mol. The van der Waals surface area contributed by atoms with Gasteiger partial charge in [0.1, 0.15) is 11.6 Å². The Morgan fingerprint density at radius 2 is 1.65 bits per heavy atom. The first-order valence-corrected chi connectivity index (χ1v) is 8.40. The van der Waals surface area contributed by atoms with Gasteiger partial charge in [0.05, 0.1) is 22.6 Å². The smallest absolute Gasteiger partial charge is 0.143 e. The molecule has 0 N–H and O–H groups in total. The predicted octanol–water partition coefficient (Wildman–Crippen LogP) is 3.51. The minimum atomic E-state index is 0.523. The summed E-state index contributed by atoms with van der Waals surface area (Å²) in [7, 11) is 0. The highest BCUT2D eigenvalue weighted by molar-refractivity contribution is 5.67. The normalized spacial score (nSPS) is 26.7. The lowest BCUT2D eigenvalue weighted by Crippen LogP contribution is -2.08. The van der Waals surface area contributed by atoms with E-state index in [2.05, 4.69) is 12.1 Å². The molecule has 2 aromatic rings. The number of nitrogens with zero attached hydrogens (tertiary/aromatic N) is 3. The second-order valence-corrected chi connectivity index (χ2v) is 7.05. The summed E-state index contributed by atoms with van der Waals surface area (Å²) in [4.78, 5) is 9.51. The Bertz CT molecular complexity index is 721. The molecule has 2 aromatic heterocycles. The summed E-state index contributed by atoms with van der Waals surface area (Å²) in [6.45, 7) is 9.87. The number of aryl methyl sites for hydroxylation is 3. The summed E-state index contributed by atoms with van der Waals surface area (Å²) in [5, 5.41) is 4.09. The van der Waals surface area contributed by atoms with E-state index in [4.69, 9.17) is 19.2 Å². The van der Waals surface area contributed by atoms with E-state index in [-0.39, 0.29) is 0 Å². The lowest BCUT2D eigenvalue weighted by Gasteiger charge is -2.17. The number of hydrogen-bond acceptors (Lipinski definition) is 5. The first-order valence-electron chi connectivity index (χ1n) is 8.40. The van der Waals surface area contributed by atoms with Gasteiger partial charge in [-0.15, -0.1) is 0 Å². The van der Waals surface area contributed by atoms with Crippen molar-refractivity contribution in [1.82, 2.24) is 15.1 Å². The van der Waals surface area contributed by atoms with Crippen LogP contribution in [0.3, 0.4) is 0 Å². The van der Waals surface area contributed by atoms with Gasteiger partial charge in [0.15, 0.2) is 0 Å². The van der Waals surface area contributed by atoms with E-state index in [0.29, 0.717) is 17.8 Å². The minimum absolute atomic E-state index is 0.523. The summed E-state index contributed by atoms with van der Waals surface area (Å²) in [6.07, 6.45) is 2.37. The van der Waals surface area contributed by atoms with Gasteiger partial charge in [-0.3, -0.25) is 0 Å². The van der Waals surface area contributed by atoms with Crippen LogP contribution in [0.2, 0.25) is 0 Å². The first kappa shape index (κ1) is 14.8. The van der Waals surface area contributed by atoms with Gasteiger partial charge in [0, 0.05) is 19.1 Å². The van der Waals surface area contributed by atoms with Crippen LogP contribution < -0.4 is 0 Å². The van der Waals surface area contributed by atoms with E-state index < -0.39 is 0 Å². The predicted molar refractivity (Wildman–Crippen MR) is 86.3 cm³/mol. The van der Waals surface area contributed by atoms with Crippen molar-refractivity contribution in [3.63, 3.8) is 0 Å². The summed E-state index contributed by atoms with van der Waals surface area (Å²) < 4.78 is 11.0. The molecule has 2 fully saturated rings. The average molecular weight is 313 g/mol. The molecule has 0 aromatic carbocycles. The summed E-state index contributed by atoms with van der Waals surface area (Å²) in [6, 6.07) is 0. The van der Waals surface area contributed by atoms with Crippen molar-refractivity contribution in [1.29, 1.82) is 0 Å². The van der Waals surface area contributed by atoms with Crippen LogP contribution in [0.1, 0.15) is 47.3 Å². The van der Waals surface area contributed by atoms with Gasteiger partial charge >= 0.3 is 0 Å². The Morgan fingerprint density at radius 1 is 0.957 bits per heavy atom. The van der Waals surface area contributed by atoms with E-state index in [1.807, 2.05) is 20.8 Å². The Hall–Kier alpha value is -1.75. The number of rotatable bonds is 2. The fraction of sp³-hybridized carbons (Fsp3) is 0.611. The molecule has 122 valence electrons. The average Bonchev–Trinajstić information content (AvgIpc) is 3.17. The van der Waals surface area contributed by atoms with Gasteiger partial charge < -0.3 is 9.26 Å². The molecule has 0 radical (unpaired) electrons. The van der Waals surface area contributed by atoms with E-state index in [0.717, 1.165) is 41.7 Å². The van der Waals surface area contributed by atoms with E-state index >= 15 is 0 Å². The lowest BCUT2D eigenvalue weighted by atomic mass is 9.94. The summed E-state index contributed by atoms with van der Waals surface area (Å²) in [5.41, 5.74) is 5.29. The van der Waals surface area contributed by atoms with Crippen LogP contribution in [0.25, 0.3) is 11.3 Å². The molecule has 4 rings (SSSR count). The van der Waals surface area contributed by atoms with E-state index in [9.17, 15) is 0 Å². The van der Waals surface area contributed by atoms with Crippen LogP contribution in [0.4, 0.5) is 0 Å². The molecule has 3 atom stereocenters. The fourth-order valence-corrected chi connectivity index (χ4v) is 4.33. The van der Waals surface area contributed by atoms with Crippen molar-refractivity contribution in [2.24, 2.45) is 11.8 Å². The lowest BCUT2D eigenvalue weighted by molar-refractivity contribution is 0.171. The Labute approximate surface area is 136 Å². The highest BCUT2D eigenvalue weighted by Crippen LogP contribution is 2.46. The molecule has 2 aliphatic rings. The van der Waals surface area contributed by atoms with Gasteiger partial charge in [-0.05, 0) is 57.9 Å². The Balaban J connectivity index is 1.77. The van der Waals surface area contributed by atoms with Crippen LogP contribution in [-0.2, 0) is 4.74 Å². The first-order chi connectivity index (χ1) is 11.0. The van der Waals surface area contributed by atoms with Crippen LogP contribution in [0.15, 0.2) is 4.52 Å². The molecule has 0 bridgehead atoms. The van der Waals surface area contributed by atoms with Crippen LogP contribution in [0.5, 0.6) is 0 Å². The summed E-state index contributed by atoms with van der Waals surface area (Å²) >= 11 is 0. The summed E-state index contributed by atoms with van der Waals surface area (Å²) in [5.74, 6) is 3.59. The van der Waals surface area contributed by atoms with Crippen LogP contribution >= 0.6 is 0 Å². The van der Waals surface area contributed by atoms with Gasteiger partial charge in [-0.1, -0.05) is 5.16 Å². The standard InChI is InChI=1S/C18H23N3O2/c1-9-17(13-5-14-7-22-8-15(14)6-13)19-12(4)20-18(9)16-10(2)21-23-11(16)3/h13-15H,5-8H2,1-4H3/t13?,14-,15+. The quantitative estimate of drug-likeness (QED) is 0.849. The number of aromatic nitrogens is 3. The molecule has 0 amide bonds. The van der Waals surface area contributed by atoms with Crippen molar-refractivity contribution >= 4 is 0 Å². The maximum atomic E-state index is 5.61. The Kier molecular flexibility index (Phi) is 3.48. The second-order valence-electron chi connectivity index (χ2n) is 7.05. The van der Waals surface area contributed by atoms with Gasteiger partial charge in [-0.25, -0.2) is 9.97 Å². The molecule has 1 unspecified atom stereocenters. The fourth-order valence-electron chi connectivity index (χ4n) is 4.33. The van der Waals surface area contributed by atoms with Gasteiger partial charge in [0.25, 0.3) is 0 Å². The maximum Gasteiger partial charge on any atom is 0.143 e. The molecule has 1 saturated carbocycles. The molecule has 5 heteroatoms. The Morgan fingerprint density at radius 3 is 2.26 bits per heavy atom. The third-order valence-electron chi connectivity index (χ3n) is 5.46. The van der Waals surface area contributed by atoms with E-state index in [1.165, 1.54) is 24.1 Å². The molecule has 5 nitrogen and oxygen atoms in total. The second kappa shape index (κ2) is 5.41. The SMILES string of the molecule is Cc1nc(-c2c(C)noc2C)c(C)c(C2C[C@H]3COC[C@H]3C2)n1. The number of ether oxygens (including phenoxy) is 1. The monoisotopic (exact) mass is 313 g/mol. The van der Waals surface area contributed by atoms with E-state index in [1.54, 1.807) is 0 Å². The molecule has 23 heavy (non-hydrogen) atoms. The van der Waals surface area contributed by atoms with Crippen molar-refractivity contribution in [2.45, 2.75) is 46.5 Å². The third kappa shape index (κ3) is 2.38. The highest BCUT2D eigenvalue weighted by Gasteiger charge is 2.40.